The number of halogens is 1. The number of nitrogens with zero attached hydrogens (tertiary/aromatic N) is 2. The molecule has 0 aromatic heterocycles. The normalized spacial score (nSPS) is 13.7. The maximum absolute atomic E-state index is 13.4. The largest absolute Gasteiger partial charge is 0.370 e. The van der Waals surface area contributed by atoms with Gasteiger partial charge in [-0.1, -0.05) is 24.3 Å². The number of carbonyl (C=O) groups excluding carboxylic acids is 1. The molecule has 0 radical (unpaired) electrons. The molecule has 0 saturated carbocycles. The zero-order valence-corrected chi connectivity index (χ0v) is 15.2. The molecule has 1 heterocycles. The van der Waals surface area contributed by atoms with Gasteiger partial charge >= 0.3 is 6.03 Å². The van der Waals surface area contributed by atoms with Gasteiger partial charge < -0.3 is 10.2 Å². The van der Waals surface area contributed by atoms with Gasteiger partial charge in [0.25, 0.3) is 0 Å². The number of anilines is 2. The van der Waals surface area contributed by atoms with Gasteiger partial charge in [0.05, 0.1) is 0 Å². The SMILES string of the molecule is CCN(CCNC(=O)N1CCCCc2ccccc21)c1cccc(F)c1. The van der Waals surface area contributed by atoms with Crippen molar-refractivity contribution in [2.75, 3.05) is 36.0 Å². The van der Waals surface area contributed by atoms with Crippen molar-refractivity contribution < 1.29 is 9.18 Å². The molecule has 26 heavy (non-hydrogen) atoms. The number of para-hydroxylation sites is 1. The van der Waals surface area contributed by atoms with Crippen LogP contribution in [0.1, 0.15) is 25.3 Å². The van der Waals surface area contributed by atoms with Gasteiger partial charge in [0.1, 0.15) is 5.82 Å². The van der Waals surface area contributed by atoms with E-state index in [1.54, 1.807) is 6.07 Å². The molecule has 138 valence electrons. The maximum atomic E-state index is 13.4. The predicted octanol–water partition coefficient (Wildman–Crippen LogP) is 4.20. The van der Waals surface area contributed by atoms with E-state index in [1.807, 2.05) is 36.1 Å². The van der Waals surface area contributed by atoms with Crippen molar-refractivity contribution in [3.8, 4) is 0 Å². The average molecular weight is 355 g/mol. The number of urea groups is 1. The molecule has 0 atom stereocenters. The number of hydrogen-bond acceptors (Lipinski definition) is 2. The van der Waals surface area contributed by atoms with E-state index in [-0.39, 0.29) is 11.8 Å². The van der Waals surface area contributed by atoms with Crippen LogP contribution in [-0.2, 0) is 6.42 Å². The maximum Gasteiger partial charge on any atom is 0.321 e. The summed E-state index contributed by atoms with van der Waals surface area (Å²) in [6.07, 6.45) is 3.12. The van der Waals surface area contributed by atoms with E-state index in [9.17, 15) is 9.18 Å². The van der Waals surface area contributed by atoms with Crippen molar-refractivity contribution in [1.29, 1.82) is 0 Å². The summed E-state index contributed by atoms with van der Waals surface area (Å²) in [5, 5.41) is 3.02. The molecule has 0 unspecified atom stereocenters. The molecule has 0 aliphatic carbocycles. The van der Waals surface area contributed by atoms with E-state index in [2.05, 4.69) is 16.3 Å². The third-order valence-corrected chi connectivity index (χ3v) is 4.82. The molecule has 3 rings (SSSR count). The monoisotopic (exact) mass is 355 g/mol. The Balaban J connectivity index is 1.60. The highest BCUT2D eigenvalue weighted by molar-refractivity contribution is 5.93. The number of fused-ring (bicyclic) bond motifs is 1. The van der Waals surface area contributed by atoms with Crippen LogP contribution in [0.25, 0.3) is 0 Å². The zero-order chi connectivity index (χ0) is 18.4. The van der Waals surface area contributed by atoms with E-state index in [0.29, 0.717) is 13.1 Å². The number of aryl methyl sites for hydroxylation is 1. The fourth-order valence-electron chi connectivity index (χ4n) is 3.44. The van der Waals surface area contributed by atoms with Crippen molar-refractivity contribution in [3.63, 3.8) is 0 Å². The standard InChI is InChI=1S/C21H26FN3O/c1-2-24(19-11-7-10-18(22)16-19)15-13-23-21(26)25-14-6-5-9-17-8-3-4-12-20(17)25/h3-4,7-8,10-12,16H,2,5-6,9,13-15H2,1H3,(H,23,26). The summed E-state index contributed by atoms with van der Waals surface area (Å²) in [6.45, 7) is 4.68. The van der Waals surface area contributed by atoms with Crippen LogP contribution in [0.5, 0.6) is 0 Å². The fraction of sp³-hybridized carbons (Fsp3) is 0.381. The van der Waals surface area contributed by atoms with E-state index in [0.717, 1.165) is 43.7 Å². The van der Waals surface area contributed by atoms with Crippen LogP contribution in [0, 0.1) is 5.82 Å². The number of hydrogen-bond donors (Lipinski definition) is 1. The first-order valence-electron chi connectivity index (χ1n) is 9.33. The summed E-state index contributed by atoms with van der Waals surface area (Å²) < 4.78 is 13.4. The van der Waals surface area contributed by atoms with Gasteiger partial charge in [-0.15, -0.1) is 0 Å². The molecule has 0 saturated heterocycles. The molecule has 2 amide bonds. The molecule has 0 fully saturated rings. The van der Waals surface area contributed by atoms with Crippen LogP contribution in [0.3, 0.4) is 0 Å². The Morgan fingerprint density at radius 3 is 2.85 bits per heavy atom. The predicted molar refractivity (Wildman–Crippen MR) is 104 cm³/mol. The van der Waals surface area contributed by atoms with Crippen molar-refractivity contribution in [1.82, 2.24) is 5.32 Å². The summed E-state index contributed by atoms with van der Waals surface area (Å²) in [4.78, 5) is 16.6. The van der Waals surface area contributed by atoms with E-state index in [4.69, 9.17) is 0 Å². The van der Waals surface area contributed by atoms with Crippen molar-refractivity contribution >= 4 is 17.4 Å². The number of rotatable bonds is 5. The molecule has 1 aliphatic rings. The molecule has 0 bridgehead atoms. The van der Waals surface area contributed by atoms with Gasteiger partial charge in [-0.25, -0.2) is 9.18 Å². The van der Waals surface area contributed by atoms with Crippen molar-refractivity contribution in [2.45, 2.75) is 26.2 Å². The zero-order valence-electron chi connectivity index (χ0n) is 15.2. The minimum atomic E-state index is -0.244. The second-order valence-corrected chi connectivity index (χ2v) is 6.53. The van der Waals surface area contributed by atoms with Gasteiger partial charge in [-0.2, -0.15) is 0 Å². The van der Waals surface area contributed by atoms with E-state index < -0.39 is 0 Å². The van der Waals surface area contributed by atoms with Gasteiger partial charge in [0, 0.05) is 37.6 Å². The van der Waals surface area contributed by atoms with Crippen LogP contribution in [0.15, 0.2) is 48.5 Å². The second kappa shape index (κ2) is 8.70. The number of nitrogens with one attached hydrogen (secondary N) is 1. The Bertz CT molecular complexity index is 750. The lowest BCUT2D eigenvalue weighted by atomic mass is 10.1. The summed E-state index contributed by atoms with van der Waals surface area (Å²) in [5.41, 5.74) is 3.08. The summed E-state index contributed by atoms with van der Waals surface area (Å²) >= 11 is 0. The Kier molecular flexibility index (Phi) is 6.10. The molecular weight excluding hydrogens is 329 g/mol. The lowest BCUT2D eigenvalue weighted by Gasteiger charge is -2.26. The first-order valence-corrected chi connectivity index (χ1v) is 9.33. The van der Waals surface area contributed by atoms with Gasteiger partial charge in [-0.3, -0.25) is 4.90 Å². The highest BCUT2D eigenvalue weighted by Gasteiger charge is 2.20. The lowest BCUT2D eigenvalue weighted by Crippen LogP contribution is -2.43. The Labute approximate surface area is 154 Å². The van der Waals surface area contributed by atoms with Crippen LogP contribution in [0.2, 0.25) is 0 Å². The minimum Gasteiger partial charge on any atom is -0.370 e. The number of carbonyl (C=O) groups is 1. The summed E-state index contributed by atoms with van der Waals surface area (Å²) in [6, 6.07) is 14.6. The van der Waals surface area contributed by atoms with E-state index >= 15 is 0 Å². The molecule has 4 nitrogen and oxygen atoms in total. The number of benzene rings is 2. The van der Waals surface area contributed by atoms with E-state index in [1.165, 1.54) is 17.7 Å². The number of amides is 2. The van der Waals surface area contributed by atoms with Crippen LogP contribution >= 0.6 is 0 Å². The van der Waals surface area contributed by atoms with Gasteiger partial charge in [0.15, 0.2) is 0 Å². The first-order chi connectivity index (χ1) is 12.7. The summed E-state index contributed by atoms with van der Waals surface area (Å²) in [5.74, 6) is -0.244. The van der Waals surface area contributed by atoms with Crippen LogP contribution in [0.4, 0.5) is 20.6 Å². The van der Waals surface area contributed by atoms with Gasteiger partial charge in [0.2, 0.25) is 0 Å². The van der Waals surface area contributed by atoms with Crippen LogP contribution in [-0.4, -0.2) is 32.2 Å². The van der Waals surface area contributed by atoms with Crippen molar-refractivity contribution in [2.24, 2.45) is 0 Å². The Morgan fingerprint density at radius 1 is 1.19 bits per heavy atom. The molecule has 2 aromatic carbocycles. The van der Waals surface area contributed by atoms with Crippen molar-refractivity contribution in [3.05, 3.63) is 59.9 Å². The topological polar surface area (TPSA) is 35.6 Å². The molecule has 5 heteroatoms. The molecule has 1 N–H and O–H groups in total. The lowest BCUT2D eigenvalue weighted by molar-refractivity contribution is 0.246. The fourth-order valence-corrected chi connectivity index (χ4v) is 3.44. The number of likely N-dealkylation sites (N-methyl/N-ethyl adjacent to an activating group) is 1. The Hall–Kier alpha value is -2.56. The second-order valence-electron chi connectivity index (χ2n) is 6.53. The molecule has 1 aliphatic heterocycles. The molecule has 2 aromatic rings. The smallest absolute Gasteiger partial charge is 0.321 e. The third kappa shape index (κ3) is 4.34. The highest BCUT2D eigenvalue weighted by Crippen LogP contribution is 2.26. The average Bonchev–Trinajstić information content (AvgIpc) is 2.87. The quantitative estimate of drug-likeness (QED) is 0.872. The van der Waals surface area contributed by atoms with Gasteiger partial charge in [-0.05, 0) is 56.0 Å². The Morgan fingerprint density at radius 2 is 2.04 bits per heavy atom. The minimum absolute atomic E-state index is 0.0605. The van der Waals surface area contributed by atoms with Crippen LogP contribution < -0.4 is 15.1 Å². The molecule has 0 spiro atoms. The highest BCUT2D eigenvalue weighted by atomic mass is 19.1. The summed E-state index contributed by atoms with van der Waals surface area (Å²) in [7, 11) is 0. The first kappa shape index (κ1) is 18.2. The third-order valence-electron chi connectivity index (χ3n) is 4.82. The molecular formula is C21H26FN3O.